The molecule has 0 amide bonds. The lowest BCUT2D eigenvalue weighted by Gasteiger charge is -2.02. The molecule has 2 aromatic heterocycles. The Labute approximate surface area is 155 Å². The SMILES string of the molecule is COc1ccccc1C=CC=Nn1c(-c2n[nH]c3c2CCC3)n[nH]c1=S. The minimum Gasteiger partial charge on any atom is -0.496 e. The molecule has 8 heteroatoms. The maximum absolute atomic E-state index is 5.33. The second-order valence-electron chi connectivity index (χ2n) is 5.91. The van der Waals surface area contributed by atoms with Crippen molar-refractivity contribution in [2.24, 2.45) is 5.10 Å². The highest BCUT2D eigenvalue weighted by Gasteiger charge is 2.22. The second-order valence-corrected chi connectivity index (χ2v) is 6.30. The monoisotopic (exact) mass is 366 g/mol. The molecule has 0 aliphatic heterocycles. The van der Waals surface area contributed by atoms with Crippen LogP contribution in [0.15, 0.2) is 35.4 Å². The molecule has 2 heterocycles. The first-order valence-corrected chi connectivity index (χ1v) is 8.76. The van der Waals surface area contributed by atoms with E-state index in [4.69, 9.17) is 17.0 Å². The van der Waals surface area contributed by atoms with E-state index >= 15 is 0 Å². The average molecular weight is 366 g/mol. The van der Waals surface area contributed by atoms with Gasteiger partial charge in [0, 0.05) is 23.0 Å². The van der Waals surface area contributed by atoms with Gasteiger partial charge in [-0.25, -0.2) is 5.10 Å². The summed E-state index contributed by atoms with van der Waals surface area (Å²) in [5.41, 5.74) is 4.18. The van der Waals surface area contributed by atoms with Gasteiger partial charge in [0.2, 0.25) is 10.6 Å². The number of allylic oxidation sites excluding steroid dienone is 1. The summed E-state index contributed by atoms with van der Waals surface area (Å²) in [5, 5.41) is 19.0. The van der Waals surface area contributed by atoms with Crippen LogP contribution in [0.25, 0.3) is 17.6 Å². The maximum Gasteiger partial charge on any atom is 0.216 e. The molecular weight excluding hydrogens is 348 g/mol. The normalized spacial score (nSPS) is 13.7. The van der Waals surface area contributed by atoms with Crippen LogP contribution < -0.4 is 4.74 Å². The largest absolute Gasteiger partial charge is 0.496 e. The van der Waals surface area contributed by atoms with Gasteiger partial charge in [-0.2, -0.15) is 20.0 Å². The molecule has 26 heavy (non-hydrogen) atoms. The number of para-hydroxylation sites is 1. The molecule has 0 unspecified atom stereocenters. The molecule has 132 valence electrons. The van der Waals surface area contributed by atoms with Crippen molar-refractivity contribution < 1.29 is 4.74 Å². The third-order valence-electron chi connectivity index (χ3n) is 4.35. The first-order valence-electron chi connectivity index (χ1n) is 8.36. The van der Waals surface area contributed by atoms with Gasteiger partial charge in [-0.1, -0.05) is 18.2 Å². The number of hydrogen-bond donors (Lipinski definition) is 2. The van der Waals surface area contributed by atoms with Crippen LogP contribution in [0.4, 0.5) is 0 Å². The zero-order valence-corrected chi connectivity index (χ0v) is 15.1. The molecule has 1 aliphatic carbocycles. The highest BCUT2D eigenvalue weighted by Crippen LogP contribution is 2.29. The highest BCUT2D eigenvalue weighted by molar-refractivity contribution is 7.71. The first kappa shape index (κ1) is 16.5. The van der Waals surface area contributed by atoms with E-state index in [1.165, 1.54) is 11.3 Å². The molecule has 2 N–H and O–H groups in total. The molecule has 3 aromatic rings. The van der Waals surface area contributed by atoms with E-state index in [1.54, 1.807) is 18.0 Å². The Bertz CT molecular complexity index is 1040. The van der Waals surface area contributed by atoms with Crippen LogP contribution >= 0.6 is 12.2 Å². The zero-order valence-electron chi connectivity index (χ0n) is 14.3. The van der Waals surface area contributed by atoms with Crippen molar-refractivity contribution in [3.05, 3.63) is 51.9 Å². The number of benzene rings is 1. The van der Waals surface area contributed by atoms with Crippen LogP contribution in [0.1, 0.15) is 23.2 Å². The van der Waals surface area contributed by atoms with Crippen molar-refractivity contribution in [2.75, 3.05) is 7.11 Å². The van der Waals surface area contributed by atoms with E-state index < -0.39 is 0 Å². The van der Waals surface area contributed by atoms with Gasteiger partial charge < -0.3 is 4.74 Å². The van der Waals surface area contributed by atoms with Crippen molar-refractivity contribution >= 4 is 24.5 Å². The Morgan fingerprint density at radius 2 is 2.12 bits per heavy atom. The van der Waals surface area contributed by atoms with Gasteiger partial charge >= 0.3 is 0 Å². The molecule has 4 rings (SSSR count). The summed E-state index contributed by atoms with van der Waals surface area (Å²) in [7, 11) is 1.65. The van der Waals surface area contributed by atoms with Crippen LogP contribution in [0.2, 0.25) is 0 Å². The summed E-state index contributed by atoms with van der Waals surface area (Å²) in [5.74, 6) is 1.43. The van der Waals surface area contributed by atoms with Crippen LogP contribution in [0, 0.1) is 4.77 Å². The maximum atomic E-state index is 5.33. The fraction of sp³-hybridized carbons (Fsp3) is 0.222. The number of methoxy groups -OCH3 is 1. The second kappa shape index (κ2) is 7.09. The predicted octanol–water partition coefficient (Wildman–Crippen LogP) is 3.38. The van der Waals surface area contributed by atoms with E-state index in [0.29, 0.717) is 10.6 Å². The van der Waals surface area contributed by atoms with Gasteiger partial charge in [0.25, 0.3) is 0 Å². The Morgan fingerprint density at radius 1 is 1.23 bits per heavy atom. The summed E-state index contributed by atoms with van der Waals surface area (Å²) in [6.45, 7) is 0. The third-order valence-corrected chi connectivity index (χ3v) is 4.62. The highest BCUT2D eigenvalue weighted by atomic mass is 32.1. The van der Waals surface area contributed by atoms with E-state index in [-0.39, 0.29) is 0 Å². The van der Waals surface area contributed by atoms with E-state index in [0.717, 1.165) is 36.3 Å². The number of ether oxygens (including phenoxy) is 1. The van der Waals surface area contributed by atoms with Crippen LogP contribution in [-0.4, -0.2) is 38.4 Å². The lowest BCUT2D eigenvalue weighted by atomic mass is 10.2. The summed E-state index contributed by atoms with van der Waals surface area (Å²) in [4.78, 5) is 0. The minimum atomic E-state index is 0.427. The minimum absolute atomic E-state index is 0.427. The predicted molar refractivity (Wildman–Crippen MR) is 103 cm³/mol. The van der Waals surface area contributed by atoms with Crippen LogP contribution in [0.3, 0.4) is 0 Å². The molecule has 1 aliphatic rings. The number of H-pyrrole nitrogens is 2. The number of fused-ring (bicyclic) bond motifs is 1. The smallest absolute Gasteiger partial charge is 0.216 e. The number of nitrogens with zero attached hydrogens (tertiary/aromatic N) is 4. The van der Waals surface area contributed by atoms with Gasteiger partial charge in [0.15, 0.2) is 0 Å². The molecule has 0 radical (unpaired) electrons. The average Bonchev–Trinajstić information content (AvgIpc) is 3.35. The number of rotatable bonds is 5. The molecular formula is C18H18N6OS. The standard InChI is InChI=1S/C18H18N6OS/c1-25-15-10-3-2-6-12(15)7-5-11-19-24-17(22-23-18(24)26)16-13-8-4-9-14(13)20-21-16/h2-3,5-7,10-11H,4,8-9H2,1H3,(H,20,21)(H,23,26). The lowest BCUT2D eigenvalue weighted by molar-refractivity contribution is 0.414. The van der Waals surface area contributed by atoms with Gasteiger partial charge in [0.05, 0.1) is 7.11 Å². The Kier molecular flexibility index (Phi) is 4.49. The third kappa shape index (κ3) is 2.99. The molecule has 0 saturated carbocycles. The van der Waals surface area contributed by atoms with E-state index in [2.05, 4.69) is 25.5 Å². The van der Waals surface area contributed by atoms with Gasteiger partial charge in [-0.3, -0.25) is 5.10 Å². The Morgan fingerprint density at radius 3 is 3.00 bits per heavy atom. The van der Waals surface area contributed by atoms with Crippen molar-refractivity contribution in [1.29, 1.82) is 0 Å². The number of aryl methyl sites for hydroxylation is 1. The van der Waals surface area contributed by atoms with Crippen LogP contribution in [0.5, 0.6) is 5.75 Å². The number of aromatic amines is 2. The van der Waals surface area contributed by atoms with E-state index in [1.807, 2.05) is 36.4 Å². The quantitative estimate of drug-likeness (QED) is 0.536. The number of hydrogen-bond acceptors (Lipinski definition) is 5. The van der Waals surface area contributed by atoms with Gasteiger partial charge in [0.1, 0.15) is 11.4 Å². The van der Waals surface area contributed by atoms with Gasteiger partial charge in [-0.15, -0.1) is 0 Å². The Hall–Kier alpha value is -3.00. The van der Waals surface area contributed by atoms with Crippen molar-refractivity contribution in [3.8, 4) is 17.3 Å². The summed E-state index contributed by atoms with van der Waals surface area (Å²) in [6, 6.07) is 7.79. The summed E-state index contributed by atoms with van der Waals surface area (Å²) in [6.07, 6.45) is 8.60. The number of nitrogens with one attached hydrogen (secondary N) is 2. The van der Waals surface area contributed by atoms with E-state index in [9.17, 15) is 0 Å². The van der Waals surface area contributed by atoms with Gasteiger partial charge in [-0.05, 0) is 49.7 Å². The van der Waals surface area contributed by atoms with Crippen molar-refractivity contribution in [1.82, 2.24) is 25.1 Å². The van der Waals surface area contributed by atoms with Crippen molar-refractivity contribution in [2.45, 2.75) is 19.3 Å². The van der Waals surface area contributed by atoms with Crippen LogP contribution in [-0.2, 0) is 12.8 Å². The molecule has 0 bridgehead atoms. The number of aromatic nitrogens is 5. The fourth-order valence-corrected chi connectivity index (χ4v) is 3.29. The summed E-state index contributed by atoms with van der Waals surface area (Å²) >= 11 is 5.31. The molecule has 0 saturated heterocycles. The summed E-state index contributed by atoms with van der Waals surface area (Å²) < 4.78 is 7.36. The lowest BCUT2D eigenvalue weighted by Crippen LogP contribution is -1.96. The Balaban J connectivity index is 1.61. The molecule has 0 spiro atoms. The molecule has 7 nitrogen and oxygen atoms in total. The molecule has 0 atom stereocenters. The first-order chi connectivity index (χ1) is 12.8. The molecule has 1 aromatic carbocycles. The molecule has 0 fully saturated rings. The van der Waals surface area contributed by atoms with Crippen molar-refractivity contribution in [3.63, 3.8) is 0 Å². The topological polar surface area (TPSA) is 83.9 Å². The fourth-order valence-electron chi connectivity index (χ4n) is 3.11. The zero-order chi connectivity index (χ0) is 17.9.